The zero-order valence-corrected chi connectivity index (χ0v) is 12.6. The molecule has 2 heterocycles. The number of rotatable bonds is 5. The van der Waals surface area contributed by atoms with Crippen LogP contribution >= 0.6 is 0 Å². The average molecular weight is 300 g/mol. The number of ether oxygens (including phenoxy) is 1. The minimum Gasteiger partial charge on any atom is -0.381 e. The third-order valence-electron chi connectivity index (χ3n) is 3.95. The van der Waals surface area contributed by atoms with Crippen LogP contribution in [0.5, 0.6) is 0 Å². The Kier molecular flexibility index (Phi) is 3.60. The van der Waals surface area contributed by atoms with Crippen LogP contribution in [0.3, 0.4) is 0 Å². The van der Waals surface area contributed by atoms with Crippen molar-refractivity contribution >= 4 is 10.0 Å². The summed E-state index contributed by atoms with van der Waals surface area (Å²) in [5.74, 6) is 0.668. The number of aryl methyl sites for hydroxylation is 2. The number of sulfonamides is 1. The smallest absolute Gasteiger partial charge is 0.248 e. The molecule has 1 saturated carbocycles. The number of nitrogens with zero attached hydrogens (tertiary/aromatic N) is 2. The second-order valence-corrected chi connectivity index (χ2v) is 7.52. The maximum absolute atomic E-state index is 12.9. The normalized spacial score (nSPS) is 23.6. The predicted octanol–water partition coefficient (Wildman–Crippen LogP) is 1.48. The Morgan fingerprint density at radius 3 is 2.55 bits per heavy atom. The highest BCUT2D eigenvalue weighted by Gasteiger charge is 2.42. The molecule has 1 saturated heterocycles. The Morgan fingerprint density at radius 2 is 2.05 bits per heavy atom. The summed E-state index contributed by atoms with van der Waals surface area (Å²) in [5.41, 5.74) is 0.441. The van der Waals surface area contributed by atoms with Gasteiger partial charge in [0.1, 0.15) is 10.6 Å². The number of hydrogen-bond donors (Lipinski definition) is 0. The van der Waals surface area contributed by atoms with Crippen molar-refractivity contribution in [2.75, 3.05) is 19.8 Å². The lowest BCUT2D eigenvalue weighted by Gasteiger charge is -2.24. The summed E-state index contributed by atoms with van der Waals surface area (Å²) in [6.45, 7) is 5.25. The van der Waals surface area contributed by atoms with E-state index in [1.807, 2.05) is 0 Å². The topological polar surface area (TPSA) is 72.6 Å². The van der Waals surface area contributed by atoms with Crippen LogP contribution in [-0.4, -0.2) is 43.7 Å². The fraction of sp³-hybridized carbons (Fsp3) is 0.769. The first kappa shape index (κ1) is 14.0. The second kappa shape index (κ2) is 5.13. The maximum Gasteiger partial charge on any atom is 0.248 e. The molecule has 1 aromatic rings. The molecule has 2 aliphatic rings. The van der Waals surface area contributed by atoms with Gasteiger partial charge in [0.2, 0.25) is 10.0 Å². The molecule has 2 fully saturated rings. The van der Waals surface area contributed by atoms with E-state index in [1.165, 1.54) is 0 Å². The summed E-state index contributed by atoms with van der Waals surface area (Å²) in [6, 6.07) is 0.134. The molecule has 0 spiro atoms. The van der Waals surface area contributed by atoms with Crippen molar-refractivity contribution in [3.05, 3.63) is 11.5 Å². The molecule has 1 aliphatic carbocycles. The van der Waals surface area contributed by atoms with E-state index in [2.05, 4.69) is 5.16 Å². The van der Waals surface area contributed by atoms with E-state index in [0.29, 0.717) is 30.5 Å². The van der Waals surface area contributed by atoms with Crippen molar-refractivity contribution in [1.29, 1.82) is 0 Å². The lowest BCUT2D eigenvalue weighted by molar-refractivity contribution is 0.180. The van der Waals surface area contributed by atoms with E-state index in [-0.39, 0.29) is 10.9 Å². The van der Waals surface area contributed by atoms with Gasteiger partial charge >= 0.3 is 0 Å². The quantitative estimate of drug-likeness (QED) is 0.823. The molecule has 0 aromatic carbocycles. The Hall–Kier alpha value is -0.920. The highest BCUT2D eigenvalue weighted by Crippen LogP contribution is 2.35. The minimum atomic E-state index is -3.52. The standard InChI is InChI=1S/C13H20N2O4S/c1-9-13(10(2)19-14-9)20(16,17)15(12-3-4-12)7-11-5-6-18-8-11/h11-12H,3-8H2,1-2H3. The molecule has 1 aromatic heterocycles. The summed E-state index contributed by atoms with van der Waals surface area (Å²) < 4.78 is 37.8. The Morgan fingerprint density at radius 1 is 1.30 bits per heavy atom. The zero-order chi connectivity index (χ0) is 14.3. The predicted molar refractivity (Wildman–Crippen MR) is 71.8 cm³/mol. The highest BCUT2D eigenvalue weighted by atomic mass is 32.2. The molecule has 1 unspecified atom stereocenters. The lowest BCUT2D eigenvalue weighted by Crippen LogP contribution is -2.37. The van der Waals surface area contributed by atoms with Gasteiger partial charge in [-0.15, -0.1) is 0 Å². The van der Waals surface area contributed by atoms with E-state index in [0.717, 1.165) is 25.9 Å². The van der Waals surface area contributed by atoms with Crippen LogP contribution in [-0.2, 0) is 14.8 Å². The summed E-state index contributed by atoms with van der Waals surface area (Å²) in [4.78, 5) is 0.239. The zero-order valence-electron chi connectivity index (χ0n) is 11.8. The number of aromatic nitrogens is 1. The van der Waals surface area contributed by atoms with Crippen molar-refractivity contribution < 1.29 is 17.7 Å². The largest absolute Gasteiger partial charge is 0.381 e. The number of hydrogen-bond acceptors (Lipinski definition) is 5. The van der Waals surface area contributed by atoms with Gasteiger partial charge in [-0.05, 0) is 39.0 Å². The second-order valence-electron chi connectivity index (χ2n) is 5.69. The van der Waals surface area contributed by atoms with Gasteiger partial charge in [0.25, 0.3) is 0 Å². The van der Waals surface area contributed by atoms with Crippen LogP contribution in [0.15, 0.2) is 9.42 Å². The molecular formula is C13H20N2O4S. The molecule has 0 amide bonds. The third kappa shape index (κ3) is 2.49. The van der Waals surface area contributed by atoms with Gasteiger partial charge in [0.05, 0.1) is 6.61 Å². The molecule has 1 aliphatic heterocycles. The molecule has 7 heteroatoms. The van der Waals surface area contributed by atoms with Crippen LogP contribution in [0, 0.1) is 19.8 Å². The van der Waals surface area contributed by atoms with Crippen molar-refractivity contribution in [2.45, 2.75) is 44.0 Å². The van der Waals surface area contributed by atoms with Crippen LogP contribution < -0.4 is 0 Å². The first-order chi connectivity index (χ1) is 9.50. The minimum absolute atomic E-state index is 0.134. The maximum atomic E-state index is 12.9. The van der Waals surface area contributed by atoms with E-state index >= 15 is 0 Å². The van der Waals surface area contributed by atoms with Crippen LogP contribution in [0.25, 0.3) is 0 Å². The van der Waals surface area contributed by atoms with E-state index < -0.39 is 10.0 Å². The molecule has 0 N–H and O–H groups in total. The van der Waals surface area contributed by atoms with Crippen molar-refractivity contribution in [3.8, 4) is 0 Å². The van der Waals surface area contributed by atoms with E-state index in [9.17, 15) is 8.42 Å². The van der Waals surface area contributed by atoms with Crippen molar-refractivity contribution in [1.82, 2.24) is 9.46 Å². The highest BCUT2D eigenvalue weighted by molar-refractivity contribution is 7.89. The van der Waals surface area contributed by atoms with Crippen molar-refractivity contribution in [2.24, 2.45) is 5.92 Å². The fourth-order valence-corrected chi connectivity index (χ4v) is 4.80. The van der Waals surface area contributed by atoms with E-state index in [4.69, 9.17) is 9.26 Å². The van der Waals surface area contributed by atoms with Crippen LogP contribution in [0.4, 0.5) is 0 Å². The summed E-state index contributed by atoms with van der Waals surface area (Å²) in [7, 11) is -3.52. The van der Waals surface area contributed by atoms with Gasteiger partial charge in [-0.25, -0.2) is 8.42 Å². The van der Waals surface area contributed by atoms with Gasteiger partial charge in [-0.1, -0.05) is 5.16 Å². The molecule has 20 heavy (non-hydrogen) atoms. The van der Waals surface area contributed by atoms with Gasteiger partial charge < -0.3 is 9.26 Å². The lowest BCUT2D eigenvalue weighted by atomic mass is 10.1. The Balaban J connectivity index is 1.89. The SMILES string of the molecule is Cc1noc(C)c1S(=O)(=O)N(CC1CCOC1)C1CC1. The molecule has 3 rings (SSSR count). The fourth-order valence-electron chi connectivity index (χ4n) is 2.75. The van der Waals surface area contributed by atoms with E-state index in [1.54, 1.807) is 18.2 Å². The molecular weight excluding hydrogens is 280 g/mol. The molecule has 0 radical (unpaired) electrons. The summed E-state index contributed by atoms with van der Waals surface area (Å²) in [5, 5.41) is 3.77. The molecule has 1 atom stereocenters. The monoisotopic (exact) mass is 300 g/mol. The van der Waals surface area contributed by atoms with Crippen molar-refractivity contribution in [3.63, 3.8) is 0 Å². The molecule has 112 valence electrons. The Labute approximate surface area is 119 Å². The first-order valence-corrected chi connectivity index (χ1v) is 8.46. The molecule has 6 nitrogen and oxygen atoms in total. The molecule has 0 bridgehead atoms. The Bertz CT molecular complexity index is 566. The third-order valence-corrected chi connectivity index (χ3v) is 6.11. The summed E-state index contributed by atoms with van der Waals surface area (Å²) in [6.07, 6.45) is 2.81. The van der Waals surface area contributed by atoms with Gasteiger partial charge in [-0.3, -0.25) is 0 Å². The van der Waals surface area contributed by atoms with Gasteiger partial charge in [-0.2, -0.15) is 4.31 Å². The van der Waals surface area contributed by atoms with Gasteiger partial charge in [0, 0.05) is 19.2 Å². The average Bonchev–Trinajstić information content (AvgIpc) is 2.97. The summed E-state index contributed by atoms with van der Waals surface area (Å²) >= 11 is 0. The first-order valence-electron chi connectivity index (χ1n) is 7.02. The van der Waals surface area contributed by atoms with Crippen LogP contribution in [0.2, 0.25) is 0 Å². The van der Waals surface area contributed by atoms with Gasteiger partial charge in [0.15, 0.2) is 5.76 Å². The van der Waals surface area contributed by atoms with Crippen LogP contribution in [0.1, 0.15) is 30.7 Å².